The Labute approximate surface area is 138 Å². The number of nitrogens with two attached hydrogens (primary N) is 1. The second kappa shape index (κ2) is 7.11. The molecule has 0 spiro atoms. The van der Waals surface area contributed by atoms with Crippen molar-refractivity contribution in [1.29, 1.82) is 0 Å². The molecule has 1 heterocycles. The van der Waals surface area contributed by atoms with Gasteiger partial charge in [-0.05, 0) is 67.6 Å². The molecule has 1 aromatic heterocycles. The zero-order valence-electron chi connectivity index (χ0n) is 12.4. The van der Waals surface area contributed by atoms with Crippen LogP contribution in [0.2, 0.25) is 0 Å². The van der Waals surface area contributed by atoms with Gasteiger partial charge < -0.3 is 11.1 Å². The molecule has 1 saturated carbocycles. The average Bonchev–Trinajstić information content (AvgIpc) is 2.41. The lowest BCUT2D eigenvalue weighted by molar-refractivity contribution is -0.126. The Morgan fingerprint density at radius 2 is 2.38 bits per heavy atom. The number of amides is 1. The van der Waals surface area contributed by atoms with E-state index in [9.17, 15) is 4.79 Å². The molecule has 0 aromatic carbocycles. The van der Waals surface area contributed by atoms with Crippen molar-refractivity contribution in [3.63, 3.8) is 0 Å². The largest absolute Gasteiger partial charge is 0.368 e. The zero-order chi connectivity index (χ0) is 15.5. The summed E-state index contributed by atoms with van der Waals surface area (Å²) in [5, 5.41) is 4.73. The van der Waals surface area contributed by atoms with E-state index in [1.165, 1.54) is 0 Å². The number of thioether (sulfide) groups is 1. The molecule has 0 radical (unpaired) electrons. The van der Waals surface area contributed by atoms with Crippen molar-refractivity contribution >= 4 is 33.6 Å². The third-order valence-electron chi connectivity index (χ3n) is 3.75. The van der Waals surface area contributed by atoms with E-state index in [0.717, 1.165) is 35.2 Å². The number of aromatic nitrogens is 1. The van der Waals surface area contributed by atoms with E-state index in [1.807, 2.05) is 12.1 Å². The highest BCUT2D eigenvalue weighted by Crippen LogP contribution is 2.39. The predicted molar refractivity (Wildman–Crippen MR) is 90.2 cm³/mol. The van der Waals surface area contributed by atoms with Gasteiger partial charge in [-0.3, -0.25) is 4.79 Å². The number of pyridine rings is 1. The average molecular weight is 372 g/mol. The van der Waals surface area contributed by atoms with Gasteiger partial charge in [-0.25, -0.2) is 4.98 Å². The number of carbonyl (C=O) groups excluding carboxylic acids is 1. The maximum atomic E-state index is 12.0. The number of primary amides is 1. The van der Waals surface area contributed by atoms with Gasteiger partial charge in [0.25, 0.3) is 0 Å². The van der Waals surface area contributed by atoms with E-state index in [2.05, 4.69) is 40.1 Å². The number of hydrogen-bond acceptors (Lipinski definition) is 4. The third kappa shape index (κ3) is 4.20. The van der Waals surface area contributed by atoms with Gasteiger partial charge in [0, 0.05) is 22.0 Å². The molecule has 1 aromatic rings. The minimum absolute atomic E-state index is 0.235. The summed E-state index contributed by atoms with van der Waals surface area (Å²) in [4.78, 5) is 16.4. The Balaban J connectivity index is 2.12. The van der Waals surface area contributed by atoms with Crippen molar-refractivity contribution in [3.8, 4) is 0 Å². The standard InChI is InChI=1S/C15H22BrN3OS/c1-10(2)19-15(14(17)20)7-3-5-11(9-15)21-13-12(16)6-4-8-18-13/h4,6,8,10-11,19H,3,5,7,9H2,1-2H3,(H2,17,20). The molecule has 1 aliphatic rings. The molecule has 21 heavy (non-hydrogen) atoms. The Morgan fingerprint density at radius 1 is 1.62 bits per heavy atom. The summed E-state index contributed by atoms with van der Waals surface area (Å²) in [7, 11) is 0. The van der Waals surface area contributed by atoms with Crippen molar-refractivity contribution in [1.82, 2.24) is 10.3 Å². The van der Waals surface area contributed by atoms with Gasteiger partial charge in [0.05, 0.1) is 5.54 Å². The molecule has 1 aliphatic carbocycles. The Bertz CT molecular complexity index is 511. The van der Waals surface area contributed by atoms with E-state index in [-0.39, 0.29) is 11.9 Å². The van der Waals surface area contributed by atoms with Crippen LogP contribution >= 0.6 is 27.7 Å². The monoisotopic (exact) mass is 371 g/mol. The highest BCUT2D eigenvalue weighted by molar-refractivity contribution is 9.10. The van der Waals surface area contributed by atoms with Crippen LogP contribution in [0.25, 0.3) is 0 Å². The first-order chi connectivity index (χ1) is 9.93. The molecule has 2 atom stereocenters. The first-order valence-electron chi connectivity index (χ1n) is 7.28. The molecule has 0 saturated heterocycles. The summed E-state index contributed by atoms with van der Waals surface area (Å²) in [6.07, 6.45) is 5.46. The van der Waals surface area contributed by atoms with Crippen molar-refractivity contribution in [2.45, 2.75) is 61.4 Å². The van der Waals surface area contributed by atoms with Crippen LogP contribution in [-0.2, 0) is 4.79 Å². The molecule has 116 valence electrons. The molecule has 0 bridgehead atoms. The molecule has 2 rings (SSSR count). The number of halogens is 1. The fourth-order valence-corrected chi connectivity index (χ4v) is 4.73. The molecule has 1 fully saturated rings. The summed E-state index contributed by atoms with van der Waals surface area (Å²) < 4.78 is 1.00. The molecule has 3 N–H and O–H groups in total. The molecule has 2 unspecified atom stereocenters. The Morgan fingerprint density at radius 3 is 3.00 bits per heavy atom. The zero-order valence-corrected chi connectivity index (χ0v) is 14.8. The van der Waals surface area contributed by atoms with Crippen LogP contribution in [0.15, 0.2) is 27.8 Å². The van der Waals surface area contributed by atoms with E-state index < -0.39 is 5.54 Å². The number of carbonyl (C=O) groups is 1. The van der Waals surface area contributed by atoms with Crippen molar-refractivity contribution in [2.75, 3.05) is 0 Å². The first kappa shape index (κ1) is 16.8. The molecule has 6 heteroatoms. The van der Waals surface area contributed by atoms with E-state index in [4.69, 9.17) is 5.73 Å². The highest BCUT2D eigenvalue weighted by atomic mass is 79.9. The highest BCUT2D eigenvalue weighted by Gasteiger charge is 2.42. The normalized spacial score (nSPS) is 26.0. The van der Waals surface area contributed by atoms with E-state index >= 15 is 0 Å². The number of rotatable bonds is 5. The van der Waals surface area contributed by atoms with Crippen LogP contribution in [-0.4, -0.2) is 27.7 Å². The molecule has 1 amide bonds. The van der Waals surface area contributed by atoms with Gasteiger partial charge in [0.15, 0.2) is 0 Å². The lowest BCUT2D eigenvalue weighted by atomic mass is 9.80. The van der Waals surface area contributed by atoms with Crippen molar-refractivity contribution in [3.05, 3.63) is 22.8 Å². The number of hydrogen-bond donors (Lipinski definition) is 2. The molecule has 4 nitrogen and oxygen atoms in total. The van der Waals surface area contributed by atoms with Crippen molar-refractivity contribution < 1.29 is 4.79 Å². The maximum absolute atomic E-state index is 12.0. The minimum Gasteiger partial charge on any atom is -0.368 e. The molecular weight excluding hydrogens is 350 g/mol. The maximum Gasteiger partial charge on any atom is 0.237 e. The van der Waals surface area contributed by atoms with Crippen LogP contribution in [0.1, 0.15) is 39.5 Å². The van der Waals surface area contributed by atoms with Crippen LogP contribution in [0.3, 0.4) is 0 Å². The second-order valence-corrected chi connectivity index (χ2v) is 8.02. The molecular formula is C15H22BrN3OS. The van der Waals surface area contributed by atoms with Crippen LogP contribution in [0.4, 0.5) is 0 Å². The quantitative estimate of drug-likeness (QED) is 0.834. The van der Waals surface area contributed by atoms with Gasteiger partial charge in [0.1, 0.15) is 5.03 Å². The van der Waals surface area contributed by atoms with Crippen LogP contribution in [0, 0.1) is 0 Å². The van der Waals surface area contributed by atoms with E-state index in [1.54, 1.807) is 18.0 Å². The van der Waals surface area contributed by atoms with Gasteiger partial charge >= 0.3 is 0 Å². The fourth-order valence-electron chi connectivity index (χ4n) is 2.92. The topological polar surface area (TPSA) is 68.0 Å². The van der Waals surface area contributed by atoms with Crippen LogP contribution in [0.5, 0.6) is 0 Å². The number of nitrogens with zero attached hydrogens (tertiary/aromatic N) is 1. The van der Waals surface area contributed by atoms with Crippen LogP contribution < -0.4 is 11.1 Å². The lowest BCUT2D eigenvalue weighted by Crippen LogP contribution is -2.60. The second-order valence-electron chi connectivity index (χ2n) is 5.87. The predicted octanol–water partition coefficient (Wildman–Crippen LogP) is 3.10. The van der Waals surface area contributed by atoms with Crippen molar-refractivity contribution in [2.24, 2.45) is 5.73 Å². The molecule has 0 aliphatic heterocycles. The summed E-state index contributed by atoms with van der Waals surface area (Å²) >= 11 is 5.26. The lowest BCUT2D eigenvalue weighted by Gasteiger charge is -2.40. The summed E-state index contributed by atoms with van der Waals surface area (Å²) in [6, 6.07) is 4.14. The summed E-state index contributed by atoms with van der Waals surface area (Å²) in [5.74, 6) is -0.235. The van der Waals surface area contributed by atoms with E-state index in [0.29, 0.717) is 5.25 Å². The third-order valence-corrected chi connectivity index (χ3v) is 5.93. The van der Waals surface area contributed by atoms with Gasteiger partial charge in [-0.2, -0.15) is 0 Å². The summed E-state index contributed by atoms with van der Waals surface area (Å²) in [6.45, 7) is 4.10. The Hall–Kier alpha value is -0.590. The Kier molecular flexibility index (Phi) is 5.68. The smallest absolute Gasteiger partial charge is 0.237 e. The fraction of sp³-hybridized carbons (Fsp3) is 0.600. The van der Waals surface area contributed by atoms with Gasteiger partial charge in [-0.15, -0.1) is 11.8 Å². The first-order valence-corrected chi connectivity index (χ1v) is 8.95. The van der Waals surface area contributed by atoms with Gasteiger partial charge in [0.2, 0.25) is 5.91 Å². The SMILES string of the molecule is CC(C)NC1(C(N)=O)CCCC(Sc2ncccc2Br)C1. The number of nitrogens with one attached hydrogen (secondary N) is 1. The van der Waals surface area contributed by atoms with Gasteiger partial charge in [-0.1, -0.05) is 0 Å². The summed E-state index contributed by atoms with van der Waals surface area (Å²) in [5.41, 5.74) is 5.12. The minimum atomic E-state index is -0.578.